The second-order valence-electron chi connectivity index (χ2n) is 7.28. The van der Waals surface area contributed by atoms with E-state index in [1.807, 2.05) is 30.3 Å². The van der Waals surface area contributed by atoms with E-state index in [4.69, 9.17) is 13.6 Å². The van der Waals surface area contributed by atoms with Crippen molar-refractivity contribution in [2.24, 2.45) is 0 Å². The Kier molecular flexibility index (Phi) is 6.21. The molecule has 2 N–H and O–H groups in total. The van der Waals surface area contributed by atoms with Crippen molar-refractivity contribution >= 4 is 34.5 Å². The summed E-state index contributed by atoms with van der Waals surface area (Å²) in [4.78, 5) is 41.7. The molecule has 0 spiro atoms. The highest BCUT2D eigenvalue weighted by Gasteiger charge is 2.22. The normalized spacial score (nSPS) is 11.7. The first-order valence-electron chi connectivity index (χ1n) is 10.1. The Bertz CT molecular complexity index is 1350. The number of nitrogens with zero attached hydrogens (tertiary/aromatic N) is 1. The molecule has 9 nitrogen and oxygen atoms in total. The quantitative estimate of drug-likeness (QED) is 0.412. The number of carbonyl (C=O) groups is 2. The predicted molar refractivity (Wildman–Crippen MR) is 121 cm³/mol. The van der Waals surface area contributed by atoms with Crippen molar-refractivity contribution in [2.45, 2.75) is 19.4 Å². The minimum atomic E-state index is -0.807. The van der Waals surface area contributed by atoms with Crippen molar-refractivity contribution < 1.29 is 23.2 Å². The van der Waals surface area contributed by atoms with Gasteiger partial charge in [0.05, 0.1) is 24.3 Å². The van der Waals surface area contributed by atoms with Crippen LogP contribution in [0, 0.1) is 6.92 Å². The first kappa shape index (κ1) is 21.8. The molecule has 0 unspecified atom stereocenters. The number of rotatable bonds is 7. The third kappa shape index (κ3) is 4.77. The van der Waals surface area contributed by atoms with Crippen LogP contribution in [0.4, 0.5) is 11.7 Å². The number of nitrogens with one attached hydrogen (secondary N) is 2. The van der Waals surface area contributed by atoms with Gasteiger partial charge in [-0.25, -0.2) is 9.59 Å². The van der Waals surface area contributed by atoms with Crippen LogP contribution < -0.4 is 16.3 Å². The van der Waals surface area contributed by atoms with Gasteiger partial charge in [0.1, 0.15) is 6.04 Å². The van der Waals surface area contributed by atoms with Crippen molar-refractivity contribution in [1.29, 1.82) is 0 Å². The Morgan fingerprint density at radius 3 is 2.58 bits per heavy atom. The number of aromatic nitrogens is 1. The molecule has 1 amide bonds. The molecule has 0 saturated heterocycles. The van der Waals surface area contributed by atoms with Crippen LogP contribution in [0.3, 0.4) is 0 Å². The van der Waals surface area contributed by atoms with Crippen LogP contribution in [-0.4, -0.2) is 30.0 Å². The van der Waals surface area contributed by atoms with E-state index in [2.05, 4.69) is 15.6 Å². The average molecular weight is 447 g/mol. The maximum Gasteiger partial charge on any atom is 0.348 e. The number of amides is 1. The summed E-state index contributed by atoms with van der Waals surface area (Å²) in [6.45, 7) is 1.68. The Morgan fingerprint density at radius 2 is 1.88 bits per heavy atom. The monoisotopic (exact) mass is 447 g/mol. The summed E-state index contributed by atoms with van der Waals surface area (Å²) in [5.74, 6) is -0.818. The van der Waals surface area contributed by atoms with Crippen molar-refractivity contribution in [3.05, 3.63) is 88.2 Å². The van der Waals surface area contributed by atoms with Crippen molar-refractivity contribution in [3.8, 4) is 0 Å². The van der Waals surface area contributed by atoms with Gasteiger partial charge in [0.25, 0.3) is 11.9 Å². The largest absolute Gasteiger partial charge is 0.467 e. The topological polar surface area (TPSA) is 124 Å². The van der Waals surface area contributed by atoms with Crippen LogP contribution in [0.15, 0.2) is 74.5 Å². The number of furan rings is 1. The van der Waals surface area contributed by atoms with E-state index in [-0.39, 0.29) is 17.2 Å². The highest BCUT2D eigenvalue weighted by atomic mass is 16.5. The summed E-state index contributed by atoms with van der Waals surface area (Å²) in [5.41, 5.74) is 1.52. The third-order valence-corrected chi connectivity index (χ3v) is 5.12. The average Bonchev–Trinajstić information content (AvgIpc) is 3.35. The van der Waals surface area contributed by atoms with Crippen LogP contribution in [0.5, 0.6) is 0 Å². The van der Waals surface area contributed by atoms with Crippen molar-refractivity contribution in [2.75, 3.05) is 17.7 Å². The molecule has 0 fully saturated rings. The smallest absolute Gasteiger partial charge is 0.348 e. The van der Waals surface area contributed by atoms with Gasteiger partial charge >= 0.3 is 11.6 Å². The molecule has 0 aliphatic rings. The lowest BCUT2D eigenvalue weighted by Gasteiger charge is -2.16. The summed E-state index contributed by atoms with van der Waals surface area (Å²) in [6, 6.07) is 14.8. The van der Waals surface area contributed by atoms with Gasteiger partial charge < -0.3 is 24.2 Å². The fraction of sp³-hybridized carbons (Fsp3) is 0.167. The second kappa shape index (κ2) is 9.39. The van der Waals surface area contributed by atoms with E-state index >= 15 is 0 Å². The number of aryl methyl sites for hydroxylation is 1. The van der Waals surface area contributed by atoms with Gasteiger partial charge in [-0.1, -0.05) is 30.3 Å². The standard InChI is InChI=1S/C24H21N3O6/c1-14-16(25-21(28)19-9-6-12-32-19)10-11-17-20(14)23(30)33-24(26-17)27-18(22(29)31-2)13-15-7-4-3-5-8-15/h3-12,18H,13H2,1-2H3,(H,25,28)(H,26,27)/t18-/m0/s1. The first-order valence-corrected chi connectivity index (χ1v) is 10.1. The number of ether oxygens (including phenoxy) is 1. The van der Waals surface area contributed by atoms with Gasteiger partial charge in [-0.3, -0.25) is 4.79 Å². The second-order valence-corrected chi connectivity index (χ2v) is 7.28. The molecule has 2 heterocycles. The van der Waals surface area contributed by atoms with Crippen molar-refractivity contribution in [1.82, 2.24) is 4.98 Å². The van der Waals surface area contributed by atoms with E-state index in [1.165, 1.54) is 19.4 Å². The molecule has 2 aromatic heterocycles. The number of fused-ring (bicyclic) bond motifs is 1. The number of anilines is 2. The third-order valence-electron chi connectivity index (χ3n) is 5.12. The Labute approximate surface area is 188 Å². The number of esters is 1. The molecule has 4 aromatic rings. The summed E-state index contributed by atoms with van der Waals surface area (Å²) in [7, 11) is 1.29. The molecule has 1 atom stereocenters. The van der Waals surface area contributed by atoms with E-state index in [0.717, 1.165) is 5.56 Å². The number of methoxy groups -OCH3 is 1. The van der Waals surface area contributed by atoms with Gasteiger partial charge in [-0.2, -0.15) is 4.98 Å². The summed E-state index contributed by atoms with van der Waals surface area (Å²) >= 11 is 0. The predicted octanol–water partition coefficient (Wildman–Crippen LogP) is 3.54. The van der Waals surface area contributed by atoms with E-state index < -0.39 is 23.5 Å². The molecule has 2 aromatic carbocycles. The number of hydrogen-bond donors (Lipinski definition) is 2. The fourth-order valence-corrected chi connectivity index (χ4v) is 3.44. The maximum atomic E-state index is 12.8. The molecule has 33 heavy (non-hydrogen) atoms. The van der Waals surface area contributed by atoms with Gasteiger partial charge in [-0.15, -0.1) is 0 Å². The van der Waals surface area contributed by atoms with Gasteiger partial charge in [0.2, 0.25) is 0 Å². The molecule has 0 aliphatic carbocycles. The van der Waals surface area contributed by atoms with E-state index in [0.29, 0.717) is 23.2 Å². The number of benzene rings is 2. The Balaban J connectivity index is 1.62. The maximum absolute atomic E-state index is 12.8. The van der Waals surface area contributed by atoms with Gasteiger partial charge in [-0.05, 0) is 42.3 Å². The molecule has 0 saturated carbocycles. The van der Waals surface area contributed by atoms with Gasteiger partial charge in [0, 0.05) is 12.1 Å². The lowest BCUT2D eigenvalue weighted by molar-refractivity contribution is -0.141. The molecule has 0 aliphatic heterocycles. The van der Waals surface area contributed by atoms with Crippen molar-refractivity contribution in [3.63, 3.8) is 0 Å². The number of hydrogen-bond acceptors (Lipinski definition) is 8. The highest BCUT2D eigenvalue weighted by Crippen LogP contribution is 2.24. The molecule has 4 rings (SSSR count). The Morgan fingerprint density at radius 1 is 1.09 bits per heavy atom. The van der Waals surface area contributed by atoms with Crippen LogP contribution in [-0.2, 0) is 16.0 Å². The Hall–Kier alpha value is -4.40. The zero-order chi connectivity index (χ0) is 23.4. The first-order chi connectivity index (χ1) is 16.0. The van der Waals surface area contributed by atoms with Crippen LogP contribution in [0.1, 0.15) is 21.7 Å². The fourth-order valence-electron chi connectivity index (χ4n) is 3.44. The van der Waals surface area contributed by atoms with E-state index in [9.17, 15) is 14.4 Å². The lowest BCUT2D eigenvalue weighted by Crippen LogP contribution is -2.33. The number of carbonyl (C=O) groups excluding carboxylic acids is 2. The molecule has 168 valence electrons. The highest BCUT2D eigenvalue weighted by molar-refractivity contribution is 6.04. The van der Waals surface area contributed by atoms with Gasteiger partial charge in [0.15, 0.2) is 5.76 Å². The molecular formula is C24H21N3O6. The molecule has 9 heteroatoms. The lowest BCUT2D eigenvalue weighted by atomic mass is 10.1. The molecule has 0 bridgehead atoms. The SMILES string of the molecule is COC(=O)[C@H](Cc1ccccc1)Nc1nc2ccc(NC(=O)c3ccco3)c(C)c2c(=O)o1. The van der Waals surface area contributed by atoms with Crippen LogP contribution in [0.2, 0.25) is 0 Å². The zero-order valence-corrected chi connectivity index (χ0v) is 18.0. The van der Waals surface area contributed by atoms with E-state index in [1.54, 1.807) is 25.1 Å². The van der Waals surface area contributed by atoms with Crippen LogP contribution in [0.25, 0.3) is 10.9 Å². The van der Waals surface area contributed by atoms with Crippen LogP contribution >= 0.6 is 0 Å². The zero-order valence-electron chi connectivity index (χ0n) is 18.0. The minimum Gasteiger partial charge on any atom is -0.467 e. The molecule has 0 radical (unpaired) electrons. The molecular weight excluding hydrogens is 426 g/mol. The minimum absolute atomic E-state index is 0.106. The summed E-state index contributed by atoms with van der Waals surface area (Å²) in [6.07, 6.45) is 1.71. The summed E-state index contributed by atoms with van der Waals surface area (Å²) in [5, 5.41) is 5.79. The summed E-state index contributed by atoms with van der Waals surface area (Å²) < 4.78 is 15.3.